The average molecular weight is 307 g/mol. The molecule has 6 heteroatoms. The summed E-state index contributed by atoms with van der Waals surface area (Å²) in [4.78, 5) is 0. The largest absolute Gasteiger partial charge is 0.330 e. The number of nitriles is 1. The molecular weight excluding hydrogens is 286 g/mol. The zero-order chi connectivity index (χ0) is 15.3. The topological polar surface area (TPSA) is 87.2 Å². The average Bonchev–Trinajstić information content (AvgIpc) is 2.48. The number of rotatable bonds is 5. The van der Waals surface area contributed by atoms with Crippen LogP contribution in [0.1, 0.15) is 30.4 Å². The van der Waals surface area contributed by atoms with Crippen molar-refractivity contribution in [2.75, 3.05) is 19.6 Å². The molecule has 1 aromatic carbocycles. The van der Waals surface area contributed by atoms with Crippen LogP contribution in [0.2, 0.25) is 0 Å². The van der Waals surface area contributed by atoms with E-state index in [1.165, 1.54) is 0 Å². The number of nitrogens with two attached hydrogens (primary N) is 1. The second kappa shape index (κ2) is 7.03. The Morgan fingerprint density at radius 3 is 2.67 bits per heavy atom. The fourth-order valence-electron chi connectivity index (χ4n) is 2.73. The molecule has 0 spiro atoms. The molecular formula is C15H21N3O2S. The highest BCUT2D eigenvalue weighted by Crippen LogP contribution is 2.23. The third kappa shape index (κ3) is 4.27. The van der Waals surface area contributed by atoms with Gasteiger partial charge in [0.1, 0.15) is 0 Å². The summed E-state index contributed by atoms with van der Waals surface area (Å²) in [7, 11) is -3.30. The van der Waals surface area contributed by atoms with Gasteiger partial charge in [0.15, 0.2) is 0 Å². The van der Waals surface area contributed by atoms with Gasteiger partial charge >= 0.3 is 0 Å². The van der Waals surface area contributed by atoms with Crippen LogP contribution in [0.3, 0.4) is 0 Å². The molecule has 1 aromatic rings. The zero-order valence-corrected chi connectivity index (χ0v) is 12.8. The maximum absolute atomic E-state index is 12.5. The zero-order valence-electron chi connectivity index (χ0n) is 12.0. The van der Waals surface area contributed by atoms with Gasteiger partial charge in [-0.2, -0.15) is 5.26 Å². The highest BCUT2D eigenvalue weighted by Gasteiger charge is 2.28. The van der Waals surface area contributed by atoms with Crippen LogP contribution in [0.4, 0.5) is 0 Å². The summed E-state index contributed by atoms with van der Waals surface area (Å²) in [5, 5.41) is 8.76. The molecule has 5 nitrogen and oxygen atoms in total. The molecule has 2 N–H and O–H groups in total. The first kappa shape index (κ1) is 16.0. The molecule has 1 heterocycles. The summed E-state index contributed by atoms with van der Waals surface area (Å²) in [6, 6.07) is 8.74. The third-order valence-corrected chi connectivity index (χ3v) is 5.70. The molecule has 1 aliphatic rings. The van der Waals surface area contributed by atoms with Crippen LogP contribution in [-0.2, 0) is 15.8 Å². The van der Waals surface area contributed by atoms with Crippen LogP contribution >= 0.6 is 0 Å². The number of sulfonamides is 1. The van der Waals surface area contributed by atoms with E-state index in [9.17, 15) is 8.42 Å². The number of nitrogens with zero attached hydrogens (tertiary/aromatic N) is 2. The maximum Gasteiger partial charge on any atom is 0.218 e. The first-order chi connectivity index (χ1) is 10.0. The van der Waals surface area contributed by atoms with Crippen LogP contribution in [0, 0.1) is 17.2 Å². The van der Waals surface area contributed by atoms with Crippen LogP contribution in [0.5, 0.6) is 0 Å². The molecule has 21 heavy (non-hydrogen) atoms. The molecule has 1 unspecified atom stereocenters. The summed E-state index contributed by atoms with van der Waals surface area (Å²) < 4.78 is 26.6. The normalized spacial score (nSPS) is 20.1. The Balaban J connectivity index is 2.05. The van der Waals surface area contributed by atoms with E-state index in [4.69, 9.17) is 11.0 Å². The summed E-state index contributed by atoms with van der Waals surface area (Å²) in [5.41, 5.74) is 6.83. The molecule has 2 rings (SSSR count). The summed E-state index contributed by atoms with van der Waals surface area (Å²) in [5.74, 6) is 0.369. The van der Waals surface area contributed by atoms with Crippen LogP contribution in [-0.4, -0.2) is 32.4 Å². The van der Waals surface area contributed by atoms with Crippen molar-refractivity contribution < 1.29 is 8.42 Å². The monoisotopic (exact) mass is 307 g/mol. The van der Waals surface area contributed by atoms with Gasteiger partial charge in [-0.3, -0.25) is 0 Å². The molecule has 0 radical (unpaired) electrons. The molecule has 0 aliphatic carbocycles. The van der Waals surface area contributed by atoms with E-state index in [0.717, 1.165) is 24.8 Å². The predicted octanol–water partition coefficient (Wildman–Crippen LogP) is 1.45. The van der Waals surface area contributed by atoms with Crippen molar-refractivity contribution in [1.29, 1.82) is 5.26 Å². The minimum atomic E-state index is -3.30. The van der Waals surface area contributed by atoms with Gasteiger partial charge in [0.25, 0.3) is 0 Å². The minimum Gasteiger partial charge on any atom is -0.330 e. The molecule has 1 aliphatic heterocycles. The van der Waals surface area contributed by atoms with E-state index < -0.39 is 10.0 Å². The number of hydrogen-bond donors (Lipinski definition) is 1. The Morgan fingerprint density at radius 1 is 1.33 bits per heavy atom. The van der Waals surface area contributed by atoms with Gasteiger partial charge in [0, 0.05) is 13.1 Å². The second-order valence-electron chi connectivity index (χ2n) is 5.51. The van der Waals surface area contributed by atoms with Crippen LogP contribution < -0.4 is 5.73 Å². The summed E-state index contributed by atoms with van der Waals surface area (Å²) in [6.07, 6.45) is 2.83. The van der Waals surface area contributed by atoms with Crippen LogP contribution in [0.15, 0.2) is 24.3 Å². The number of benzene rings is 1. The molecule has 0 aromatic heterocycles. The van der Waals surface area contributed by atoms with Gasteiger partial charge in [-0.15, -0.1) is 0 Å². The van der Waals surface area contributed by atoms with Crippen molar-refractivity contribution in [2.45, 2.75) is 25.0 Å². The van der Waals surface area contributed by atoms with Crippen molar-refractivity contribution in [1.82, 2.24) is 4.31 Å². The SMILES string of the molecule is N#Cc1ccc(CS(=O)(=O)N2CCCC(CCN)C2)cc1. The lowest BCUT2D eigenvalue weighted by molar-refractivity contribution is 0.258. The Labute approximate surface area is 126 Å². The molecule has 0 bridgehead atoms. The predicted molar refractivity (Wildman–Crippen MR) is 81.7 cm³/mol. The lowest BCUT2D eigenvalue weighted by Gasteiger charge is -2.31. The third-order valence-electron chi connectivity index (χ3n) is 3.88. The first-order valence-electron chi connectivity index (χ1n) is 7.22. The van der Waals surface area contributed by atoms with Gasteiger partial charge in [0.05, 0.1) is 17.4 Å². The van der Waals surface area contributed by atoms with Crippen LogP contribution in [0.25, 0.3) is 0 Å². The van der Waals surface area contributed by atoms with E-state index in [-0.39, 0.29) is 5.75 Å². The standard InChI is InChI=1S/C15H21N3O2S/c16-8-7-14-2-1-9-18(11-14)21(19,20)12-15-5-3-13(10-17)4-6-15/h3-6,14H,1-2,7-9,11-12,16H2. The van der Waals surface area contributed by atoms with Gasteiger partial charge in [-0.1, -0.05) is 12.1 Å². The van der Waals surface area contributed by atoms with Crippen molar-refractivity contribution in [3.05, 3.63) is 35.4 Å². The summed E-state index contributed by atoms with van der Waals surface area (Å²) >= 11 is 0. The fraction of sp³-hybridized carbons (Fsp3) is 0.533. The fourth-order valence-corrected chi connectivity index (χ4v) is 4.37. The minimum absolute atomic E-state index is 0.00590. The quantitative estimate of drug-likeness (QED) is 0.892. The molecule has 0 saturated carbocycles. The molecule has 114 valence electrons. The molecule has 0 amide bonds. The smallest absolute Gasteiger partial charge is 0.218 e. The van der Waals surface area contributed by atoms with Crippen molar-refractivity contribution in [3.8, 4) is 6.07 Å². The second-order valence-corrected chi connectivity index (χ2v) is 7.48. The van der Waals surface area contributed by atoms with E-state index in [2.05, 4.69) is 0 Å². The lowest BCUT2D eigenvalue weighted by atomic mass is 9.96. The molecule has 1 atom stereocenters. The van der Waals surface area contributed by atoms with E-state index in [0.29, 0.717) is 31.1 Å². The number of hydrogen-bond acceptors (Lipinski definition) is 4. The number of piperidine rings is 1. The highest BCUT2D eigenvalue weighted by molar-refractivity contribution is 7.88. The van der Waals surface area contributed by atoms with Gasteiger partial charge < -0.3 is 5.73 Å². The molecule has 1 fully saturated rings. The van der Waals surface area contributed by atoms with E-state index in [1.807, 2.05) is 6.07 Å². The van der Waals surface area contributed by atoms with Crippen molar-refractivity contribution >= 4 is 10.0 Å². The Bertz CT molecular complexity index is 603. The summed E-state index contributed by atoms with van der Waals surface area (Å²) in [6.45, 7) is 1.78. The highest BCUT2D eigenvalue weighted by atomic mass is 32.2. The van der Waals surface area contributed by atoms with Gasteiger partial charge in [-0.25, -0.2) is 12.7 Å². The molecule has 1 saturated heterocycles. The first-order valence-corrected chi connectivity index (χ1v) is 8.83. The Morgan fingerprint density at radius 2 is 2.05 bits per heavy atom. The maximum atomic E-state index is 12.5. The van der Waals surface area contributed by atoms with E-state index in [1.54, 1.807) is 28.6 Å². The Hall–Kier alpha value is -1.42. The lowest BCUT2D eigenvalue weighted by Crippen LogP contribution is -2.40. The van der Waals surface area contributed by atoms with Crippen molar-refractivity contribution in [2.24, 2.45) is 11.7 Å². The van der Waals surface area contributed by atoms with Gasteiger partial charge in [-0.05, 0) is 49.4 Å². The Kier molecular flexibility index (Phi) is 5.34. The van der Waals surface area contributed by atoms with E-state index >= 15 is 0 Å². The van der Waals surface area contributed by atoms with Gasteiger partial charge in [0.2, 0.25) is 10.0 Å². The van der Waals surface area contributed by atoms with Crippen molar-refractivity contribution in [3.63, 3.8) is 0 Å².